The van der Waals surface area contributed by atoms with Gasteiger partial charge in [-0.2, -0.15) is 5.10 Å². The second-order valence-corrected chi connectivity index (χ2v) is 3.15. The molecule has 5 nitrogen and oxygen atoms in total. The zero-order valence-corrected chi connectivity index (χ0v) is 8.21. The minimum atomic E-state index is -0.470. The highest BCUT2D eigenvalue weighted by Crippen LogP contribution is 2.09. The normalized spacial score (nSPS) is 10.2. The average molecular weight is 202 g/mol. The van der Waals surface area contributed by atoms with Crippen LogP contribution in [0.5, 0.6) is 0 Å². The predicted molar refractivity (Wildman–Crippen MR) is 54.6 cm³/mol. The molecule has 1 amide bonds. The summed E-state index contributed by atoms with van der Waals surface area (Å²) in [4.78, 5) is 15.0. The summed E-state index contributed by atoms with van der Waals surface area (Å²) in [5.74, 6) is -0.470. The predicted octanol–water partition coefficient (Wildman–Crippen LogP) is 0.675. The summed E-state index contributed by atoms with van der Waals surface area (Å²) in [6.45, 7) is 1.74. The highest BCUT2D eigenvalue weighted by atomic mass is 16.1. The van der Waals surface area contributed by atoms with E-state index in [1.807, 2.05) is 6.07 Å². The molecule has 2 rings (SSSR count). The minimum Gasteiger partial charge on any atom is -0.365 e. The van der Waals surface area contributed by atoms with Crippen LogP contribution in [0.15, 0.2) is 30.7 Å². The Labute approximate surface area is 86.5 Å². The van der Waals surface area contributed by atoms with Gasteiger partial charge in [-0.25, -0.2) is 4.68 Å². The Hall–Kier alpha value is -2.17. The third-order valence-corrected chi connectivity index (χ3v) is 2.07. The number of hydrogen-bond acceptors (Lipinski definition) is 3. The summed E-state index contributed by atoms with van der Waals surface area (Å²) in [5.41, 5.74) is 7.04. The van der Waals surface area contributed by atoms with E-state index in [9.17, 15) is 4.79 Å². The number of rotatable bonds is 2. The summed E-state index contributed by atoms with van der Waals surface area (Å²) in [6.07, 6.45) is 4.95. The van der Waals surface area contributed by atoms with Crippen molar-refractivity contribution in [1.82, 2.24) is 14.8 Å². The molecule has 5 heteroatoms. The monoisotopic (exact) mass is 202 g/mol. The van der Waals surface area contributed by atoms with Crippen molar-refractivity contribution in [2.75, 3.05) is 0 Å². The van der Waals surface area contributed by atoms with E-state index in [1.165, 1.54) is 0 Å². The topological polar surface area (TPSA) is 73.8 Å². The van der Waals surface area contributed by atoms with E-state index in [4.69, 9.17) is 5.73 Å². The van der Waals surface area contributed by atoms with Crippen molar-refractivity contribution in [2.45, 2.75) is 6.92 Å². The van der Waals surface area contributed by atoms with E-state index in [0.29, 0.717) is 11.3 Å². The lowest BCUT2D eigenvalue weighted by atomic mass is 10.2. The second-order valence-electron chi connectivity index (χ2n) is 3.15. The Morgan fingerprint density at radius 1 is 1.53 bits per heavy atom. The third kappa shape index (κ3) is 1.71. The molecule has 2 aromatic heterocycles. The lowest BCUT2D eigenvalue weighted by Gasteiger charge is -1.97. The number of carbonyl (C=O) groups is 1. The Morgan fingerprint density at radius 3 is 2.87 bits per heavy atom. The van der Waals surface area contributed by atoms with Crippen LogP contribution in [0.1, 0.15) is 16.1 Å². The van der Waals surface area contributed by atoms with Gasteiger partial charge in [0.2, 0.25) is 0 Å². The summed E-state index contributed by atoms with van der Waals surface area (Å²) >= 11 is 0. The van der Waals surface area contributed by atoms with Crippen LogP contribution in [0, 0.1) is 6.92 Å². The van der Waals surface area contributed by atoms with Crippen LogP contribution in [0.25, 0.3) is 5.69 Å². The number of nitrogens with zero attached hydrogens (tertiary/aromatic N) is 3. The highest BCUT2D eigenvalue weighted by molar-refractivity contribution is 5.93. The number of hydrogen-bond donors (Lipinski definition) is 1. The first kappa shape index (κ1) is 9.39. The number of nitrogens with two attached hydrogens (primary N) is 1. The number of pyridine rings is 1. The first-order chi connectivity index (χ1) is 7.18. The van der Waals surface area contributed by atoms with Crippen LogP contribution in [0.2, 0.25) is 0 Å². The Kier molecular flexibility index (Phi) is 2.21. The van der Waals surface area contributed by atoms with Crippen molar-refractivity contribution in [3.8, 4) is 5.69 Å². The number of amides is 1. The lowest BCUT2D eigenvalue weighted by Crippen LogP contribution is -2.11. The molecule has 0 saturated carbocycles. The summed E-state index contributed by atoms with van der Waals surface area (Å²) in [5, 5.41) is 4.18. The molecule has 0 aromatic carbocycles. The Morgan fingerprint density at radius 2 is 2.33 bits per heavy atom. The molecule has 0 bridgehead atoms. The van der Waals surface area contributed by atoms with E-state index in [2.05, 4.69) is 10.1 Å². The fraction of sp³-hybridized carbons (Fsp3) is 0.100. The quantitative estimate of drug-likeness (QED) is 0.778. The number of carbonyl (C=O) groups excluding carboxylic acids is 1. The molecule has 0 aliphatic carbocycles. The fourth-order valence-electron chi connectivity index (χ4n) is 1.32. The smallest absolute Gasteiger partial charge is 0.252 e. The molecule has 0 atom stereocenters. The van der Waals surface area contributed by atoms with E-state index < -0.39 is 5.91 Å². The van der Waals surface area contributed by atoms with Crippen LogP contribution < -0.4 is 5.73 Å². The van der Waals surface area contributed by atoms with Gasteiger partial charge in [-0.1, -0.05) is 0 Å². The van der Waals surface area contributed by atoms with Crippen LogP contribution in [-0.2, 0) is 0 Å². The van der Waals surface area contributed by atoms with Crippen molar-refractivity contribution in [2.24, 2.45) is 5.73 Å². The van der Waals surface area contributed by atoms with Crippen molar-refractivity contribution in [3.05, 3.63) is 42.0 Å². The average Bonchev–Trinajstić information content (AvgIpc) is 2.62. The maximum absolute atomic E-state index is 11.0. The molecule has 2 aromatic rings. The number of aromatic nitrogens is 3. The van der Waals surface area contributed by atoms with Gasteiger partial charge in [0, 0.05) is 12.4 Å². The molecule has 0 fully saturated rings. The van der Waals surface area contributed by atoms with Gasteiger partial charge in [-0.05, 0) is 19.1 Å². The summed E-state index contributed by atoms with van der Waals surface area (Å²) < 4.78 is 1.59. The van der Waals surface area contributed by atoms with Crippen LogP contribution >= 0.6 is 0 Å². The zero-order chi connectivity index (χ0) is 10.8. The third-order valence-electron chi connectivity index (χ3n) is 2.07. The van der Waals surface area contributed by atoms with Crippen LogP contribution in [0.4, 0.5) is 0 Å². The van der Waals surface area contributed by atoms with Crippen LogP contribution in [-0.4, -0.2) is 20.7 Å². The first-order valence-corrected chi connectivity index (χ1v) is 4.45. The lowest BCUT2D eigenvalue weighted by molar-refractivity contribution is 0.0999. The van der Waals surface area contributed by atoms with E-state index in [-0.39, 0.29) is 0 Å². The van der Waals surface area contributed by atoms with Gasteiger partial charge in [0.25, 0.3) is 5.91 Å². The second kappa shape index (κ2) is 3.53. The molecule has 0 radical (unpaired) electrons. The molecule has 0 saturated heterocycles. The minimum absolute atomic E-state index is 0.429. The molecule has 0 unspecified atom stereocenters. The number of primary amides is 1. The maximum atomic E-state index is 11.0. The SMILES string of the molecule is Cc1nn(-c2cccnc2)cc1C(N)=O. The summed E-state index contributed by atoms with van der Waals surface area (Å²) in [6, 6.07) is 3.65. The van der Waals surface area contributed by atoms with Gasteiger partial charge in [-0.15, -0.1) is 0 Å². The molecular weight excluding hydrogens is 192 g/mol. The van der Waals surface area contributed by atoms with Crippen molar-refractivity contribution in [3.63, 3.8) is 0 Å². The molecule has 0 spiro atoms. The highest BCUT2D eigenvalue weighted by Gasteiger charge is 2.10. The van der Waals surface area contributed by atoms with E-state index in [0.717, 1.165) is 5.69 Å². The van der Waals surface area contributed by atoms with E-state index >= 15 is 0 Å². The molecule has 15 heavy (non-hydrogen) atoms. The molecule has 0 aliphatic heterocycles. The van der Waals surface area contributed by atoms with Crippen LogP contribution in [0.3, 0.4) is 0 Å². The van der Waals surface area contributed by atoms with Crippen molar-refractivity contribution in [1.29, 1.82) is 0 Å². The van der Waals surface area contributed by atoms with Gasteiger partial charge in [-0.3, -0.25) is 9.78 Å². The fourth-order valence-corrected chi connectivity index (χ4v) is 1.32. The molecule has 0 aliphatic rings. The van der Waals surface area contributed by atoms with Gasteiger partial charge >= 0.3 is 0 Å². The standard InChI is InChI=1S/C10H10N4O/c1-7-9(10(11)15)6-14(13-7)8-3-2-4-12-5-8/h2-6H,1H3,(H2,11,15). The van der Waals surface area contributed by atoms with Gasteiger partial charge in [0.1, 0.15) is 0 Å². The molecule has 2 N–H and O–H groups in total. The zero-order valence-electron chi connectivity index (χ0n) is 8.21. The first-order valence-electron chi connectivity index (χ1n) is 4.45. The molecular formula is C10H10N4O. The Bertz CT molecular complexity index is 489. The maximum Gasteiger partial charge on any atom is 0.252 e. The van der Waals surface area contributed by atoms with Gasteiger partial charge < -0.3 is 5.73 Å². The van der Waals surface area contributed by atoms with Crippen molar-refractivity contribution < 1.29 is 4.79 Å². The van der Waals surface area contributed by atoms with Gasteiger partial charge in [0.15, 0.2) is 0 Å². The Balaban J connectivity index is 2.48. The van der Waals surface area contributed by atoms with E-state index in [1.54, 1.807) is 36.3 Å². The van der Waals surface area contributed by atoms with Crippen molar-refractivity contribution >= 4 is 5.91 Å². The number of aryl methyl sites for hydroxylation is 1. The molecule has 2 heterocycles. The van der Waals surface area contributed by atoms with Gasteiger partial charge in [0.05, 0.1) is 23.1 Å². The summed E-state index contributed by atoms with van der Waals surface area (Å²) in [7, 11) is 0. The largest absolute Gasteiger partial charge is 0.365 e. The molecule has 76 valence electrons.